The molecule has 0 unspecified atom stereocenters. The molecule has 6 nitrogen and oxygen atoms in total. The molecule has 0 aliphatic carbocycles. The van der Waals surface area contributed by atoms with Crippen LogP contribution in [-0.2, 0) is 16.1 Å². The van der Waals surface area contributed by atoms with E-state index in [2.05, 4.69) is 10.6 Å². The van der Waals surface area contributed by atoms with E-state index in [1.807, 2.05) is 32.0 Å². The number of nitrogens with one attached hydrogen (secondary N) is 2. The van der Waals surface area contributed by atoms with Gasteiger partial charge in [0, 0.05) is 0 Å². The van der Waals surface area contributed by atoms with Gasteiger partial charge in [-0.1, -0.05) is 12.1 Å². The molecule has 0 saturated heterocycles. The zero-order valence-corrected chi connectivity index (χ0v) is 13.2. The van der Waals surface area contributed by atoms with Gasteiger partial charge in [0.2, 0.25) is 5.91 Å². The summed E-state index contributed by atoms with van der Waals surface area (Å²) in [5.41, 5.74) is 2.09. The predicted octanol–water partition coefficient (Wildman–Crippen LogP) is 1.71. The Kier molecular flexibility index (Phi) is 5.80. The molecular weight excluding hydrogens is 296 g/mol. The summed E-state index contributed by atoms with van der Waals surface area (Å²) in [5, 5.41) is 5.15. The zero-order chi connectivity index (χ0) is 16.7. The summed E-state index contributed by atoms with van der Waals surface area (Å²) in [5.74, 6) is 0.686. The molecule has 0 aliphatic heterocycles. The molecule has 23 heavy (non-hydrogen) atoms. The fourth-order valence-electron chi connectivity index (χ4n) is 1.92. The molecule has 2 aromatic rings. The highest BCUT2D eigenvalue weighted by Gasteiger charge is 2.08. The van der Waals surface area contributed by atoms with E-state index in [1.54, 1.807) is 12.1 Å². The van der Waals surface area contributed by atoms with E-state index in [0.717, 1.165) is 11.1 Å². The SMILES string of the molecule is Cc1cccc(OCC(=O)NCC(=O)NCc2ccco2)c1C. The van der Waals surface area contributed by atoms with Crippen LogP contribution in [0.5, 0.6) is 5.75 Å². The van der Waals surface area contributed by atoms with E-state index in [4.69, 9.17) is 9.15 Å². The Morgan fingerprint density at radius 2 is 1.91 bits per heavy atom. The Hall–Kier alpha value is -2.76. The minimum absolute atomic E-state index is 0.101. The molecule has 1 aromatic carbocycles. The van der Waals surface area contributed by atoms with E-state index in [-0.39, 0.29) is 25.0 Å². The van der Waals surface area contributed by atoms with Crippen LogP contribution in [0.3, 0.4) is 0 Å². The van der Waals surface area contributed by atoms with Crippen LogP contribution in [0.2, 0.25) is 0 Å². The van der Waals surface area contributed by atoms with E-state index in [1.165, 1.54) is 6.26 Å². The number of aryl methyl sites for hydroxylation is 1. The summed E-state index contributed by atoms with van der Waals surface area (Å²) < 4.78 is 10.6. The first-order valence-corrected chi connectivity index (χ1v) is 7.31. The van der Waals surface area contributed by atoms with Gasteiger partial charge in [0.1, 0.15) is 11.5 Å². The van der Waals surface area contributed by atoms with Crippen molar-refractivity contribution in [1.29, 1.82) is 0 Å². The van der Waals surface area contributed by atoms with Crippen LogP contribution in [0, 0.1) is 13.8 Å². The lowest BCUT2D eigenvalue weighted by Crippen LogP contribution is -2.38. The molecule has 2 rings (SSSR count). The number of hydrogen-bond donors (Lipinski definition) is 2. The van der Waals surface area contributed by atoms with Crippen LogP contribution < -0.4 is 15.4 Å². The number of amides is 2. The summed E-state index contributed by atoms with van der Waals surface area (Å²) in [6.07, 6.45) is 1.54. The van der Waals surface area contributed by atoms with Crippen molar-refractivity contribution in [2.75, 3.05) is 13.2 Å². The van der Waals surface area contributed by atoms with Gasteiger partial charge in [-0.2, -0.15) is 0 Å². The number of furan rings is 1. The van der Waals surface area contributed by atoms with Crippen LogP contribution in [0.15, 0.2) is 41.0 Å². The lowest BCUT2D eigenvalue weighted by atomic mass is 10.1. The summed E-state index contributed by atoms with van der Waals surface area (Å²) in [6.45, 7) is 3.97. The molecule has 0 radical (unpaired) electrons. The second kappa shape index (κ2) is 8.03. The average molecular weight is 316 g/mol. The molecule has 0 spiro atoms. The Bertz CT molecular complexity index is 665. The second-order valence-corrected chi connectivity index (χ2v) is 5.12. The lowest BCUT2D eigenvalue weighted by Gasteiger charge is -2.11. The van der Waals surface area contributed by atoms with Gasteiger partial charge in [0.05, 0.1) is 19.4 Å². The van der Waals surface area contributed by atoms with Crippen LogP contribution >= 0.6 is 0 Å². The molecule has 2 N–H and O–H groups in total. The number of hydrogen-bond acceptors (Lipinski definition) is 4. The van der Waals surface area contributed by atoms with Crippen molar-refractivity contribution in [3.05, 3.63) is 53.5 Å². The van der Waals surface area contributed by atoms with Crippen molar-refractivity contribution in [2.45, 2.75) is 20.4 Å². The largest absolute Gasteiger partial charge is 0.483 e. The van der Waals surface area contributed by atoms with Gasteiger partial charge in [-0.05, 0) is 43.2 Å². The van der Waals surface area contributed by atoms with E-state index in [0.29, 0.717) is 18.1 Å². The van der Waals surface area contributed by atoms with Crippen molar-refractivity contribution in [3.8, 4) is 5.75 Å². The van der Waals surface area contributed by atoms with Crippen molar-refractivity contribution in [3.63, 3.8) is 0 Å². The van der Waals surface area contributed by atoms with Gasteiger partial charge in [0.25, 0.3) is 5.91 Å². The number of benzene rings is 1. The molecule has 2 amide bonds. The van der Waals surface area contributed by atoms with Gasteiger partial charge in [-0.15, -0.1) is 0 Å². The predicted molar refractivity (Wildman–Crippen MR) is 85.0 cm³/mol. The highest BCUT2D eigenvalue weighted by Crippen LogP contribution is 2.20. The van der Waals surface area contributed by atoms with E-state index in [9.17, 15) is 9.59 Å². The Labute approximate surface area is 134 Å². The van der Waals surface area contributed by atoms with Gasteiger partial charge in [-0.25, -0.2) is 0 Å². The third-order valence-electron chi connectivity index (χ3n) is 3.40. The Morgan fingerprint density at radius 1 is 1.09 bits per heavy atom. The maximum absolute atomic E-state index is 11.7. The second-order valence-electron chi connectivity index (χ2n) is 5.12. The first-order valence-electron chi connectivity index (χ1n) is 7.31. The molecule has 0 fully saturated rings. The van der Waals surface area contributed by atoms with Crippen LogP contribution in [0.25, 0.3) is 0 Å². The third-order valence-corrected chi connectivity index (χ3v) is 3.40. The number of carbonyl (C=O) groups excluding carboxylic acids is 2. The maximum Gasteiger partial charge on any atom is 0.258 e. The van der Waals surface area contributed by atoms with E-state index >= 15 is 0 Å². The fourth-order valence-corrected chi connectivity index (χ4v) is 1.92. The molecule has 122 valence electrons. The Morgan fingerprint density at radius 3 is 2.65 bits per heavy atom. The number of rotatable bonds is 7. The van der Waals surface area contributed by atoms with Crippen molar-refractivity contribution in [2.24, 2.45) is 0 Å². The molecule has 1 aromatic heterocycles. The molecular formula is C17H20N2O4. The molecule has 1 heterocycles. The average Bonchev–Trinajstić information content (AvgIpc) is 3.05. The first kappa shape index (κ1) is 16.6. The summed E-state index contributed by atoms with van der Waals surface area (Å²) >= 11 is 0. The van der Waals surface area contributed by atoms with Crippen molar-refractivity contribution < 1.29 is 18.7 Å². The number of ether oxygens (including phenoxy) is 1. The molecule has 0 atom stereocenters. The van der Waals surface area contributed by atoms with Gasteiger partial charge >= 0.3 is 0 Å². The first-order chi connectivity index (χ1) is 11.1. The molecule has 0 saturated carbocycles. The van der Waals surface area contributed by atoms with Crippen molar-refractivity contribution >= 4 is 11.8 Å². The maximum atomic E-state index is 11.7. The quantitative estimate of drug-likeness (QED) is 0.815. The molecule has 6 heteroatoms. The van der Waals surface area contributed by atoms with Gasteiger partial charge in [0.15, 0.2) is 6.61 Å². The highest BCUT2D eigenvalue weighted by atomic mass is 16.5. The summed E-state index contributed by atoms with van der Waals surface area (Å²) in [7, 11) is 0. The van der Waals surface area contributed by atoms with Crippen LogP contribution in [0.1, 0.15) is 16.9 Å². The van der Waals surface area contributed by atoms with Gasteiger partial charge < -0.3 is 19.8 Å². The Balaban J connectivity index is 1.68. The van der Waals surface area contributed by atoms with Crippen LogP contribution in [-0.4, -0.2) is 25.0 Å². The normalized spacial score (nSPS) is 10.2. The third kappa shape index (κ3) is 5.18. The standard InChI is InChI=1S/C17H20N2O4/c1-12-5-3-7-15(13(12)2)23-11-17(21)19-10-16(20)18-9-14-6-4-8-22-14/h3-8H,9-11H2,1-2H3,(H,18,20)(H,19,21). The topological polar surface area (TPSA) is 80.6 Å². The minimum Gasteiger partial charge on any atom is -0.483 e. The zero-order valence-electron chi connectivity index (χ0n) is 13.2. The smallest absolute Gasteiger partial charge is 0.258 e. The minimum atomic E-state index is -0.348. The van der Waals surface area contributed by atoms with Crippen molar-refractivity contribution in [1.82, 2.24) is 10.6 Å². The monoisotopic (exact) mass is 316 g/mol. The van der Waals surface area contributed by atoms with E-state index < -0.39 is 0 Å². The molecule has 0 bridgehead atoms. The molecule has 0 aliphatic rings. The lowest BCUT2D eigenvalue weighted by molar-refractivity contribution is -0.127. The fraction of sp³-hybridized carbons (Fsp3) is 0.294. The summed E-state index contributed by atoms with van der Waals surface area (Å²) in [6, 6.07) is 9.17. The highest BCUT2D eigenvalue weighted by molar-refractivity contribution is 5.85. The van der Waals surface area contributed by atoms with Gasteiger partial charge in [-0.3, -0.25) is 9.59 Å². The number of carbonyl (C=O) groups is 2. The summed E-state index contributed by atoms with van der Waals surface area (Å²) in [4.78, 5) is 23.3. The van der Waals surface area contributed by atoms with Crippen LogP contribution in [0.4, 0.5) is 0 Å².